The van der Waals surface area contributed by atoms with Crippen molar-refractivity contribution < 1.29 is 23.5 Å². The highest BCUT2D eigenvalue weighted by atomic mass is 16.6. The minimum Gasteiger partial charge on any atom is -0.480 e. The van der Waals surface area contributed by atoms with Gasteiger partial charge in [0.25, 0.3) is 0 Å². The van der Waals surface area contributed by atoms with Gasteiger partial charge in [0.1, 0.15) is 12.6 Å². The Morgan fingerprint density at radius 2 is 2.12 bits per heavy atom. The number of aliphatic carboxylic acids is 1. The van der Waals surface area contributed by atoms with Crippen LogP contribution in [-0.4, -0.2) is 35.1 Å². The van der Waals surface area contributed by atoms with Crippen LogP contribution in [0, 0.1) is 0 Å². The molecule has 0 radical (unpaired) electrons. The molecule has 0 aromatic heterocycles. The molecule has 0 spiro atoms. The number of carboxylic acids is 1. The minimum absolute atomic E-state index is 0.126. The third-order valence-corrected chi connectivity index (χ3v) is 2.15. The van der Waals surface area contributed by atoms with E-state index in [9.17, 15) is 9.59 Å². The summed E-state index contributed by atoms with van der Waals surface area (Å²) in [6.07, 6.45) is -1.19. The molecule has 0 unspecified atom stereocenters. The number of hydrogen-bond donors (Lipinski definition) is 1. The van der Waals surface area contributed by atoms with Crippen LogP contribution in [0.2, 0.25) is 0 Å². The zero-order chi connectivity index (χ0) is 15.3. The molecular formula is C12H15NO4. The van der Waals surface area contributed by atoms with Crippen LogP contribution in [0.5, 0.6) is 0 Å². The van der Waals surface area contributed by atoms with E-state index in [1.54, 1.807) is 30.3 Å². The van der Waals surface area contributed by atoms with Crippen molar-refractivity contribution in [3.63, 3.8) is 0 Å². The molecule has 1 N–H and O–H groups in total. The number of amides is 1. The van der Waals surface area contributed by atoms with Crippen molar-refractivity contribution in [2.24, 2.45) is 0 Å². The van der Waals surface area contributed by atoms with Gasteiger partial charge in [-0.05, 0) is 12.5 Å². The molecule has 5 heteroatoms. The van der Waals surface area contributed by atoms with Crippen molar-refractivity contribution in [2.45, 2.75) is 19.6 Å². The SMILES string of the molecule is [2H]C([2H])([2H])N(C(=O)OCc1ccccc1)[C@@H](C)C(=O)O. The summed E-state index contributed by atoms with van der Waals surface area (Å²) in [4.78, 5) is 22.9. The first-order valence-corrected chi connectivity index (χ1v) is 4.96. The molecule has 1 amide bonds. The lowest BCUT2D eigenvalue weighted by atomic mass is 10.2. The number of rotatable bonds is 4. The molecule has 5 nitrogen and oxygen atoms in total. The Hall–Kier alpha value is -2.04. The van der Waals surface area contributed by atoms with E-state index in [0.29, 0.717) is 5.56 Å². The van der Waals surface area contributed by atoms with Crippen LogP contribution < -0.4 is 0 Å². The zero-order valence-corrected chi connectivity index (χ0v) is 9.29. The van der Waals surface area contributed by atoms with E-state index in [1.807, 2.05) is 0 Å². The molecule has 17 heavy (non-hydrogen) atoms. The normalized spacial score (nSPS) is 15.0. The van der Waals surface area contributed by atoms with Gasteiger partial charge in [0.05, 0.1) is 0 Å². The van der Waals surface area contributed by atoms with Crippen molar-refractivity contribution in [3.8, 4) is 0 Å². The summed E-state index contributed by atoms with van der Waals surface area (Å²) >= 11 is 0. The van der Waals surface area contributed by atoms with Gasteiger partial charge >= 0.3 is 12.1 Å². The van der Waals surface area contributed by atoms with Gasteiger partial charge in [-0.25, -0.2) is 9.59 Å². The Morgan fingerprint density at radius 1 is 1.47 bits per heavy atom. The summed E-state index contributed by atoms with van der Waals surface area (Å²) in [5, 5.41) is 8.85. The van der Waals surface area contributed by atoms with E-state index in [2.05, 4.69) is 0 Å². The Bertz CT molecular complexity index is 475. The van der Waals surface area contributed by atoms with Crippen LogP contribution in [0.3, 0.4) is 0 Å². The molecule has 0 saturated heterocycles. The Kier molecular flexibility index (Phi) is 3.13. The third-order valence-electron chi connectivity index (χ3n) is 2.15. The number of hydrogen-bond acceptors (Lipinski definition) is 3. The van der Waals surface area contributed by atoms with E-state index in [1.165, 1.54) is 0 Å². The van der Waals surface area contributed by atoms with Crippen LogP contribution in [0.15, 0.2) is 30.3 Å². The molecule has 1 atom stereocenters. The third kappa shape index (κ3) is 3.79. The Labute approximate surface area is 104 Å². The molecule has 0 bridgehead atoms. The highest BCUT2D eigenvalue weighted by molar-refractivity contribution is 5.79. The van der Waals surface area contributed by atoms with E-state index in [-0.39, 0.29) is 11.5 Å². The number of carbonyl (C=O) groups excluding carboxylic acids is 1. The van der Waals surface area contributed by atoms with Gasteiger partial charge in [-0.15, -0.1) is 0 Å². The maximum Gasteiger partial charge on any atom is 0.410 e. The van der Waals surface area contributed by atoms with Crippen molar-refractivity contribution >= 4 is 12.1 Å². The second-order valence-corrected chi connectivity index (χ2v) is 3.42. The van der Waals surface area contributed by atoms with E-state index in [0.717, 1.165) is 6.92 Å². The molecular weight excluding hydrogens is 222 g/mol. The second-order valence-electron chi connectivity index (χ2n) is 3.42. The molecule has 0 aliphatic carbocycles. The standard InChI is InChI=1S/C12H15NO4/c1-9(11(14)15)13(2)12(16)17-8-10-6-4-3-5-7-10/h3-7,9H,8H2,1-2H3,(H,14,15)/t9-/m0/s1/i2D3. The lowest BCUT2D eigenvalue weighted by molar-refractivity contribution is -0.141. The van der Waals surface area contributed by atoms with Crippen LogP contribution in [0.25, 0.3) is 0 Å². The van der Waals surface area contributed by atoms with Crippen LogP contribution >= 0.6 is 0 Å². The number of nitrogens with zero attached hydrogens (tertiary/aromatic N) is 1. The lowest BCUT2D eigenvalue weighted by Crippen LogP contribution is -2.40. The second kappa shape index (κ2) is 5.89. The number of ether oxygens (including phenoxy) is 1. The minimum atomic E-state index is -2.88. The topological polar surface area (TPSA) is 66.8 Å². The van der Waals surface area contributed by atoms with E-state index >= 15 is 0 Å². The number of carbonyl (C=O) groups is 2. The molecule has 0 heterocycles. The smallest absolute Gasteiger partial charge is 0.410 e. The predicted molar refractivity (Wildman–Crippen MR) is 61.5 cm³/mol. The largest absolute Gasteiger partial charge is 0.480 e. The molecule has 0 saturated carbocycles. The number of likely N-dealkylation sites (N-methyl/N-ethyl adjacent to an activating group) is 1. The van der Waals surface area contributed by atoms with E-state index < -0.39 is 25.1 Å². The highest BCUT2D eigenvalue weighted by Gasteiger charge is 2.22. The molecule has 1 rings (SSSR count). The predicted octanol–water partition coefficient (Wildman–Crippen LogP) is 1.73. The molecule has 0 aliphatic heterocycles. The summed E-state index contributed by atoms with van der Waals surface area (Å²) in [7, 11) is 0. The van der Waals surface area contributed by atoms with Crippen molar-refractivity contribution in [2.75, 3.05) is 6.98 Å². The first kappa shape index (κ1) is 9.04. The lowest BCUT2D eigenvalue weighted by Gasteiger charge is -2.20. The average Bonchev–Trinajstić information content (AvgIpc) is 2.36. The molecule has 92 valence electrons. The van der Waals surface area contributed by atoms with Crippen molar-refractivity contribution in [3.05, 3.63) is 35.9 Å². The first-order valence-electron chi connectivity index (χ1n) is 6.46. The molecule has 0 aliphatic rings. The van der Waals surface area contributed by atoms with Gasteiger partial charge < -0.3 is 9.84 Å². The molecule has 1 aromatic rings. The Morgan fingerprint density at radius 3 is 2.65 bits per heavy atom. The molecule has 0 fully saturated rings. The fourth-order valence-electron chi connectivity index (χ4n) is 1.06. The maximum atomic E-state index is 11.8. The first-order chi connectivity index (χ1) is 9.23. The van der Waals surface area contributed by atoms with Gasteiger partial charge in [-0.2, -0.15) is 0 Å². The molecule has 1 aromatic carbocycles. The van der Waals surface area contributed by atoms with Crippen LogP contribution in [0.1, 0.15) is 16.6 Å². The summed E-state index contributed by atoms with van der Waals surface area (Å²) in [5.74, 6) is -1.42. The highest BCUT2D eigenvalue weighted by Crippen LogP contribution is 2.04. The quantitative estimate of drug-likeness (QED) is 0.870. The average molecular weight is 240 g/mol. The van der Waals surface area contributed by atoms with Crippen molar-refractivity contribution in [1.82, 2.24) is 4.90 Å². The summed E-state index contributed by atoms with van der Waals surface area (Å²) in [5.41, 5.74) is 0.675. The van der Waals surface area contributed by atoms with Gasteiger partial charge in [0, 0.05) is 11.1 Å². The number of carboxylic acid groups (broad SMARTS) is 1. The van der Waals surface area contributed by atoms with Crippen LogP contribution in [-0.2, 0) is 16.1 Å². The summed E-state index contributed by atoms with van der Waals surface area (Å²) in [6.45, 7) is -1.90. The summed E-state index contributed by atoms with van der Waals surface area (Å²) < 4.78 is 26.5. The Balaban J connectivity index is 2.77. The van der Waals surface area contributed by atoms with E-state index in [4.69, 9.17) is 14.0 Å². The van der Waals surface area contributed by atoms with Crippen molar-refractivity contribution in [1.29, 1.82) is 0 Å². The monoisotopic (exact) mass is 240 g/mol. The maximum absolute atomic E-state index is 11.8. The summed E-state index contributed by atoms with van der Waals surface area (Å²) in [6, 6.07) is 7.16. The van der Waals surface area contributed by atoms with Gasteiger partial charge in [-0.3, -0.25) is 4.90 Å². The number of benzene rings is 1. The van der Waals surface area contributed by atoms with Gasteiger partial charge in [0.2, 0.25) is 0 Å². The fraction of sp³-hybridized carbons (Fsp3) is 0.333. The van der Waals surface area contributed by atoms with Gasteiger partial charge in [0.15, 0.2) is 0 Å². The fourth-order valence-corrected chi connectivity index (χ4v) is 1.06. The van der Waals surface area contributed by atoms with Crippen LogP contribution in [0.4, 0.5) is 4.79 Å². The van der Waals surface area contributed by atoms with Gasteiger partial charge in [-0.1, -0.05) is 30.3 Å². The zero-order valence-electron chi connectivity index (χ0n) is 12.3.